The number of nitrogens with zero attached hydrogens (tertiary/aromatic N) is 1. The van der Waals surface area contributed by atoms with Gasteiger partial charge in [-0.15, -0.1) is 0 Å². The van der Waals surface area contributed by atoms with Crippen LogP contribution in [-0.4, -0.2) is 11.8 Å². The number of nitrogens with two attached hydrogens (primary N) is 2. The van der Waals surface area contributed by atoms with Gasteiger partial charge >= 0.3 is 0 Å². The van der Waals surface area contributed by atoms with Crippen LogP contribution in [0.4, 0.5) is 0 Å². The number of allylic oxidation sites excluding steroid dienone is 2. The van der Waals surface area contributed by atoms with Crippen LogP contribution in [0.15, 0.2) is 29.4 Å². The Morgan fingerprint density at radius 3 is 2.67 bits per heavy atom. The standard InChI is InChI=1S/C6H9N3/c7-5-3-1-2-4-6(5)9-8/h1-5H,7-8H2/b9-6-. The molecule has 0 heterocycles. The van der Waals surface area contributed by atoms with Gasteiger partial charge in [-0.1, -0.05) is 18.2 Å². The molecule has 0 saturated heterocycles. The van der Waals surface area contributed by atoms with Crippen LogP contribution < -0.4 is 11.6 Å². The summed E-state index contributed by atoms with van der Waals surface area (Å²) in [7, 11) is 0. The highest BCUT2D eigenvalue weighted by atomic mass is 15.1. The molecule has 0 fully saturated rings. The van der Waals surface area contributed by atoms with Gasteiger partial charge in [0.05, 0.1) is 11.8 Å². The fraction of sp³-hybridized carbons (Fsp3) is 0.167. The molecule has 1 unspecified atom stereocenters. The fourth-order valence-corrected chi connectivity index (χ4v) is 0.677. The number of hydrogen-bond donors (Lipinski definition) is 2. The molecule has 1 aliphatic rings. The van der Waals surface area contributed by atoms with Crippen molar-refractivity contribution in [2.75, 3.05) is 0 Å². The average Bonchev–Trinajstić information content (AvgIpc) is 1.89. The van der Waals surface area contributed by atoms with Gasteiger partial charge in [-0.25, -0.2) is 0 Å². The maximum absolute atomic E-state index is 5.54. The van der Waals surface area contributed by atoms with Crippen molar-refractivity contribution in [2.24, 2.45) is 16.7 Å². The quantitative estimate of drug-likeness (QED) is 0.344. The fourth-order valence-electron chi connectivity index (χ4n) is 0.677. The molecule has 0 aromatic heterocycles. The van der Waals surface area contributed by atoms with E-state index in [-0.39, 0.29) is 6.04 Å². The lowest BCUT2D eigenvalue weighted by molar-refractivity contribution is 1.05. The third-order valence-electron chi connectivity index (χ3n) is 1.19. The summed E-state index contributed by atoms with van der Waals surface area (Å²) < 4.78 is 0. The normalized spacial score (nSPS) is 29.4. The molecule has 48 valence electrons. The Balaban J connectivity index is 2.78. The van der Waals surface area contributed by atoms with Crippen molar-refractivity contribution in [3.05, 3.63) is 24.3 Å². The molecule has 0 bridgehead atoms. The van der Waals surface area contributed by atoms with Crippen LogP contribution in [0.25, 0.3) is 0 Å². The number of hydrogen-bond acceptors (Lipinski definition) is 3. The van der Waals surface area contributed by atoms with Gasteiger partial charge < -0.3 is 11.6 Å². The summed E-state index contributed by atoms with van der Waals surface area (Å²) in [6.45, 7) is 0. The van der Waals surface area contributed by atoms with Crippen LogP contribution in [0.1, 0.15) is 0 Å². The number of hydrazone groups is 1. The topological polar surface area (TPSA) is 64.4 Å². The minimum atomic E-state index is -0.125. The predicted molar refractivity (Wildman–Crippen MR) is 37.9 cm³/mol. The van der Waals surface area contributed by atoms with Gasteiger partial charge in [0.25, 0.3) is 0 Å². The maximum atomic E-state index is 5.54. The van der Waals surface area contributed by atoms with Crippen molar-refractivity contribution >= 4 is 5.71 Å². The van der Waals surface area contributed by atoms with Crippen LogP contribution in [-0.2, 0) is 0 Å². The molecule has 4 N–H and O–H groups in total. The molecule has 0 radical (unpaired) electrons. The summed E-state index contributed by atoms with van der Waals surface area (Å²) in [6.07, 6.45) is 7.37. The van der Waals surface area contributed by atoms with Crippen molar-refractivity contribution < 1.29 is 0 Å². The van der Waals surface area contributed by atoms with Gasteiger partial charge in [-0.05, 0) is 6.08 Å². The van der Waals surface area contributed by atoms with Crippen LogP contribution in [0.5, 0.6) is 0 Å². The van der Waals surface area contributed by atoms with Crippen molar-refractivity contribution in [3.8, 4) is 0 Å². The summed E-state index contributed by atoms with van der Waals surface area (Å²) >= 11 is 0. The highest BCUT2D eigenvalue weighted by Gasteiger charge is 2.04. The molecule has 3 nitrogen and oxygen atoms in total. The van der Waals surface area contributed by atoms with Gasteiger partial charge in [0.1, 0.15) is 0 Å². The van der Waals surface area contributed by atoms with Crippen LogP contribution in [0.3, 0.4) is 0 Å². The van der Waals surface area contributed by atoms with E-state index in [1.165, 1.54) is 0 Å². The first kappa shape index (κ1) is 6.04. The lowest BCUT2D eigenvalue weighted by Crippen LogP contribution is -2.28. The highest BCUT2D eigenvalue weighted by molar-refractivity contribution is 6.01. The van der Waals surface area contributed by atoms with E-state index in [4.69, 9.17) is 11.6 Å². The second-order valence-corrected chi connectivity index (χ2v) is 1.82. The Morgan fingerprint density at radius 1 is 1.44 bits per heavy atom. The Morgan fingerprint density at radius 2 is 2.22 bits per heavy atom. The zero-order chi connectivity index (χ0) is 6.69. The Kier molecular flexibility index (Phi) is 1.65. The number of rotatable bonds is 0. The Bertz CT molecular complexity index is 179. The second-order valence-electron chi connectivity index (χ2n) is 1.82. The van der Waals surface area contributed by atoms with Crippen molar-refractivity contribution in [1.82, 2.24) is 0 Å². The zero-order valence-electron chi connectivity index (χ0n) is 4.99. The van der Waals surface area contributed by atoms with Crippen molar-refractivity contribution in [1.29, 1.82) is 0 Å². The lowest BCUT2D eigenvalue weighted by atomic mass is 10.1. The SMILES string of the molecule is N/N=C1/C=CC=CC1N. The molecule has 9 heavy (non-hydrogen) atoms. The first-order chi connectivity index (χ1) is 4.34. The molecular weight excluding hydrogens is 114 g/mol. The van der Waals surface area contributed by atoms with Gasteiger partial charge in [-0.2, -0.15) is 5.10 Å². The summed E-state index contributed by atoms with van der Waals surface area (Å²) in [5, 5.41) is 3.48. The van der Waals surface area contributed by atoms with Crippen LogP contribution >= 0.6 is 0 Å². The van der Waals surface area contributed by atoms with E-state index in [1.54, 1.807) is 6.08 Å². The van der Waals surface area contributed by atoms with Crippen molar-refractivity contribution in [3.63, 3.8) is 0 Å². The van der Waals surface area contributed by atoms with E-state index in [0.29, 0.717) is 0 Å². The molecule has 1 rings (SSSR count). The smallest absolute Gasteiger partial charge is 0.0807 e. The third-order valence-corrected chi connectivity index (χ3v) is 1.19. The van der Waals surface area contributed by atoms with E-state index in [1.807, 2.05) is 18.2 Å². The molecule has 1 atom stereocenters. The van der Waals surface area contributed by atoms with Gasteiger partial charge in [0, 0.05) is 0 Å². The molecule has 0 aromatic rings. The molecule has 0 aliphatic heterocycles. The molecular formula is C6H9N3. The molecule has 0 spiro atoms. The molecule has 0 saturated carbocycles. The largest absolute Gasteiger partial charge is 0.323 e. The van der Waals surface area contributed by atoms with Gasteiger partial charge in [-0.3, -0.25) is 0 Å². The third kappa shape index (κ3) is 1.17. The summed E-state index contributed by atoms with van der Waals surface area (Å²) in [6, 6.07) is -0.125. The van der Waals surface area contributed by atoms with E-state index >= 15 is 0 Å². The molecule has 0 aromatic carbocycles. The van der Waals surface area contributed by atoms with E-state index in [0.717, 1.165) is 5.71 Å². The monoisotopic (exact) mass is 123 g/mol. The summed E-state index contributed by atoms with van der Waals surface area (Å²) in [5.74, 6) is 5.02. The Hall–Kier alpha value is -1.09. The zero-order valence-corrected chi connectivity index (χ0v) is 4.99. The van der Waals surface area contributed by atoms with E-state index in [2.05, 4.69) is 5.10 Å². The second kappa shape index (κ2) is 2.46. The van der Waals surface area contributed by atoms with Gasteiger partial charge in [0.15, 0.2) is 0 Å². The average molecular weight is 123 g/mol. The highest BCUT2D eigenvalue weighted by Crippen LogP contribution is 1.96. The minimum Gasteiger partial charge on any atom is -0.323 e. The van der Waals surface area contributed by atoms with Crippen molar-refractivity contribution in [2.45, 2.75) is 6.04 Å². The maximum Gasteiger partial charge on any atom is 0.0807 e. The first-order valence-electron chi connectivity index (χ1n) is 2.73. The first-order valence-corrected chi connectivity index (χ1v) is 2.73. The van der Waals surface area contributed by atoms with E-state index in [9.17, 15) is 0 Å². The molecule has 0 amide bonds. The molecule has 3 heteroatoms. The van der Waals surface area contributed by atoms with E-state index < -0.39 is 0 Å². The lowest BCUT2D eigenvalue weighted by Gasteiger charge is -2.07. The predicted octanol–water partition coefficient (Wildman–Crippen LogP) is -0.246. The summed E-state index contributed by atoms with van der Waals surface area (Å²) in [4.78, 5) is 0. The molecule has 1 aliphatic carbocycles. The van der Waals surface area contributed by atoms with Gasteiger partial charge in [0.2, 0.25) is 0 Å². The van der Waals surface area contributed by atoms with Crippen LogP contribution in [0.2, 0.25) is 0 Å². The summed E-state index contributed by atoms with van der Waals surface area (Å²) in [5.41, 5.74) is 6.26. The minimum absolute atomic E-state index is 0.125. The van der Waals surface area contributed by atoms with Crippen LogP contribution in [0, 0.1) is 0 Å². The Labute approximate surface area is 53.7 Å².